The third kappa shape index (κ3) is 4.62. The molecule has 0 heterocycles. The molecular weight excluding hydrogens is 132 g/mol. The second-order valence-electron chi connectivity index (χ2n) is 1.27. The summed E-state index contributed by atoms with van der Waals surface area (Å²) in [5.74, 6) is -0.347. The van der Waals surface area contributed by atoms with Crippen molar-refractivity contribution in [2.45, 2.75) is 6.92 Å². The van der Waals surface area contributed by atoms with Crippen molar-refractivity contribution in [3.8, 4) is 0 Å². The van der Waals surface area contributed by atoms with Crippen LogP contribution in [0.5, 0.6) is 0 Å². The van der Waals surface area contributed by atoms with E-state index in [9.17, 15) is 4.79 Å². The molecule has 0 saturated carbocycles. The summed E-state index contributed by atoms with van der Waals surface area (Å²) in [6.07, 6.45) is 0. The Morgan fingerprint density at radius 1 is 1.62 bits per heavy atom. The molecule has 0 unspecified atom stereocenters. The van der Waals surface area contributed by atoms with Crippen molar-refractivity contribution in [2.24, 2.45) is 0 Å². The monoisotopic (exact) mass is 140 g/mol. The van der Waals surface area contributed by atoms with Crippen molar-refractivity contribution in [1.29, 1.82) is 0 Å². The van der Waals surface area contributed by atoms with E-state index in [0.717, 1.165) is 0 Å². The molecule has 0 saturated heterocycles. The van der Waals surface area contributed by atoms with E-state index in [0.29, 0.717) is 5.57 Å². The minimum Gasteiger partial charge on any atom is -0.466 e. The third-order valence-electron chi connectivity index (χ3n) is 0.534. The van der Waals surface area contributed by atoms with E-state index in [2.05, 4.69) is 11.3 Å². The van der Waals surface area contributed by atoms with Crippen molar-refractivity contribution < 1.29 is 9.53 Å². The summed E-state index contributed by atoms with van der Waals surface area (Å²) >= 11 is 0. The molecule has 8 heavy (non-hydrogen) atoms. The summed E-state index contributed by atoms with van der Waals surface area (Å²) in [7, 11) is 1.33. The van der Waals surface area contributed by atoms with Gasteiger partial charge in [-0.3, -0.25) is 0 Å². The van der Waals surface area contributed by atoms with Gasteiger partial charge in [-0.15, -0.1) is 0 Å². The van der Waals surface area contributed by atoms with Crippen molar-refractivity contribution in [3.05, 3.63) is 12.2 Å². The SMILES string of the molecule is C=C(C)C(=O)OC.[Ca]. The molecule has 0 aliphatic rings. The zero-order valence-corrected chi connectivity index (χ0v) is 7.44. The Kier molecular flexibility index (Phi) is 7.91. The van der Waals surface area contributed by atoms with Gasteiger partial charge in [0.15, 0.2) is 0 Å². The van der Waals surface area contributed by atoms with Crippen molar-refractivity contribution in [2.75, 3.05) is 7.11 Å². The van der Waals surface area contributed by atoms with Crippen LogP contribution in [-0.2, 0) is 9.53 Å². The van der Waals surface area contributed by atoms with Crippen LogP contribution in [-0.4, -0.2) is 50.8 Å². The molecule has 0 N–H and O–H groups in total. The van der Waals surface area contributed by atoms with Crippen LogP contribution >= 0.6 is 0 Å². The molecule has 2 nitrogen and oxygen atoms in total. The molecular formula is C5H8CaO2. The second kappa shape index (κ2) is 5.60. The number of hydrogen-bond acceptors (Lipinski definition) is 2. The molecule has 0 spiro atoms. The van der Waals surface area contributed by atoms with Crippen molar-refractivity contribution >= 4 is 43.7 Å². The van der Waals surface area contributed by atoms with Crippen LogP contribution in [0.1, 0.15) is 6.92 Å². The first-order chi connectivity index (χ1) is 3.18. The predicted molar refractivity (Wildman–Crippen MR) is 32.6 cm³/mol. The summed E-state index contributed by atoms with van der Waals surface area (Å²) < 4.78 is 4.27. The molecule has 0 rings (SSSR count). The Hall–Kier alpha value is 0.470. The average Bonchev–Trinajstić information content (AvgIpc) is 1.65. The molecule has 0 amide bonds. The smallest absolute Gasteiger partial charge is 0.332 e. The van der Waals surface area contributed by atoms with Gasteiger partial charge in [0.25, 0.3) is 0 Å². The van der Waals surface area contributed by atoms with E-state index in [4.69, 9.17) is 0 Å². The Morgan fingerprint density at radius 2 is 2.00 bits per heavy atom. The number of ether oxygens (including phenoxy) is 1. The van der Waals surface area contributed by atoms with E-state index in [1.807, 2.05) is 0 Å². The van der Waals surface area contributed by atoms with Gasteiger partial charge in [0.2, 0.25) is 0 Å². The maximum Gasteiger partial charge on any atom is 0.332 e. The quantitative estimate of drug-likeness (QED) is 0.298. The summed E-state index contributed by atoms with van der Waals surface area (Å²) in [5, 5.41) is 0. The van der Waals surface area contributed by atoms with Gasteiger partial charge < -0.3 is 4.74 Å². The molecule has 0 aliphatic heterocycles. The fraction of sp³-hybridized carbons (Fsp3) is 0.400. The van der Waals surface area contributed by atoms with Gasteiger partial charge >= 0.3 is 5.97 Å². The first-order valence-electron chi connectivity index (χ1n) is 1.92. The maximum atomic E-state index is 10.2. The van der Waals surface area contributed by atoms with E-state index in [1.165, 1.54) is 7.11 Å². The first-order valence-corrected chi connectivity index (χ1v) is 1.92. The predicted octanol–water partition coefficient (Wildman–Crippen LogP) is 0.355. The number of methoxy groups -OCH3 is 1. The normalized spacial score (nSPS) is 6.75. The number of carbonyl (C=O) groups is 1. The van der Waals surface area contributed by atoms with Gasteiger partial charge in [0.1, 0.15) is 0 Å². The Bertz CT molecular complexity index is 98.6. The standard InChI is InChI=1S/C5H8O2.Ca/c1-4(2)5(6)7-3;/h1H2,2-3H3;. The fourth-order valence-electron chi connectivity index (χ4n) is 0.174. The van der Waals surface area contributed by atoms with E-state index < -0.39 is 0 Å². The summed E-state index contributed by atoms with van der Waals surface area (Å²) in [5.41, 5.74) is 0.433. The van der Waals surface area contributed by atoms with Crippen LogP contribution in [0, 0.1) is 0 Å². The van der Waals surface area contributed by atoms with Gasteiger partial charge in [0, 0.05) is 43.3 Å². The van der Waals surface area contributed by atoms with Gasteiger partial charge in [-0.25, -0.2) is 4.79 Å². The molecule has 3 heteroatoms. The zero-order chi connectivity index (χ0) is 5.86. The molecule has 42 valence electrons. The van der Waals surface area contributed by atoms with Crippen LogP contribution in [0.3, 0.4) is 0 Å². The number of rotatable bonds is 1. The van der Waals surface area contributed by atoms with Gasteiger partial charge in [-0.2, -0.15) is 0 Å². The molecule has 0 bridgehead atoms. The van der Waals surface area contributed by atoms with E-state index in [1.54, 1.807) is 6.92 Å². The molecule has 0 aliphatic carbocycles. The molecule has 0 fully saturated rings. The summed E-state index contributed by atoms with van der Waals surface area (Å²) in [4.78, 5) is 10.2. The molecule has 0 aromatic carbocycles. The number of esters is 1. The van der Waals surface area contributed by atoms with Crippen LogP contribution in [0.4, 0.5) is 0 Å². The second-order valence-corrected chi connectivity index (χ2v) is 1.27. The Morgan fingerprint density at radius 3 is 2.00 bits per heavy atom. The Balaban J connectivity index is 0. The Labute approximate surface area is 78.9 Å². The van der Waals surface area contributed by atoms with Crippen LogP contribution < -0.4 is 0 Å². The third-order valence-corrected chi connectivity index (χ3v) is 0.534. The average molecular weight is 140 g/mol. The van der Waals surface area contributed by atoms with Crippen LogP contribution in [0.25, 0.3) is 0 Å². The van der Waals surface area contributed by atoms with Gasteiger partial charge in [0.05, 0.1) is 7.11 Å². The van der Waals surface area contributed by atoms with Crippen LogP contribution in [0.2, 0.25) is 0 Å². The number of carbonyl (C=O) groups excluding carboxylic acids is 1. The molecule has 0 aromatic heterocycles. The minimum atomic E-state index is -0.347. The molecule has 0 aromatic rings. The number of hydrogen-bond donors (Lipinski definition) is 0. The van der Waals surface area contributed by atoms with E-state index in [-0.39, 0.29) is 43.7 Å². The van der Waals surface area contributed by atoms with Crippen molar-refractivity contribution in [1.82, 2.24) is 0 Å². The van der Waals surface area contributed by atoms with E-state index >= 15 is 0 Å². The zero-order valence-electron chi connectivity index (χ0n) is 5.23. The minimum absolute atomic E-state index is 0. The molecule has 0 atom stereocenters. The maximum absolute atomic E-state index is 10.2. The topological polar surface area (TPSA) is 26.3 Å². The molecule has 2 radical (unpaired) electrons. The van der Waals surface area contributed by atoms with Gasteiger partial charge in [-0.1, -0.05) is 6.58 Å². The van der Waals surface area contributed by atoms with Crippen molar-refractivity contribution in [3.63, 3.8) is 0 Å². The van der Waals surface area contributed by atoms with Crippen LogP contribution in [0.15, 0.2) is 12.2 Å². The largest absolute Gasteiger partial charge is 0.466 e. The van der Waals surface area contributed by atoms with Gasteiger partial charge in [-0.05, 0) is 6.92 Å². The fourth-order valence-corrected chi connectivity index (χ4v) is 0.174. The summed E-state index contributed by atoms with van der Waals surface area (Å²) in [6, 6.07) is 0. The first kappa shape index (κ1) is 11.3. The summed E-state index contributed by atoms with van der Waals surface area (Å²) in [6.45, 7) is 4.95.